The standard InChI is InChI=1S/C37H54N8O6/c1-19(5-8-30(49)50-4)22-6-7-23-31-24(10-12-37(22,23)3)36(2)11-9-21(13-20(36)14-27(31)48)44-16-25(42-43-44)34-41-32-33(38)39-18-40-35(32)45(34)29-15-26(47)28(17-46)51-29/h16,18-24,26-29,31,46-48H,5-15,17H2,1-4H3,(H2,38,39,40)/t19-,20+,21-,22-,23+,24+,26+,27-,28-,29-,31+,36+,37-/m1/s1. The number of anilines is 1. The number of hydrogen-bond acceptors (Lipinski definition) is 12. The lowest BCUT2D eigenvalue weighted by Crippen LogP contribution is -2.58. The van der Waals surface area contributed by atoms with E-state index in [1.54, 1.807) is 4.57 Å². The maximum atomic E-state index is 12.0. The number of carbonyl (C=O) groups is 1. The zero-order valence-corrected chi connectivity index (χ0v) is 30.3. The molecule has 5 aliphatic rings. The molecule has 13 atom stereocenters. The van der Waals surface area contributed by atoms with Crippen LogP contribution < -0.4 is 5.73 Å². The van der Waals surface area contributed by atoms with Gasteiger partial charge in [-0.2, -0.15) is 0 Å². The molecule has 14 nitrogen and oxygen atoms in total. The predicted octanol–water partition coefficient (Wildman–Crippen LogP) is 4.07. The minimum atomic E-state index is -0.836. The maximum absolute atomic E-state index is 12.0. The Morgan fingerprint density at radius 3 is 2.63 bits per heavy atom. The zero-order valence-electron chi connectivity index (χ0n) is 30.3. The van der Waals surface area contributed by atoms with Crippen molar-refractivity contribution in [2.24, 2.45) is 46.3 Å². The third-order valence-corrected chi connectivity index (χ3v) is 14.7. The van der Waals surface area contributed by atoms with E-state index in [0.717, 1.165) is 38.5 Å². The van der Waals surface area contributed by atoms with Crippen LogP contribution in [-0.2, 0) is 14.3 Å². The summed E-state index contributed by atoms with van der Waals surface area (Å²) in [4.78, 5) is 25.3. The number of aromatic nitrogens is 7. The number of ether oxygens (including phenoxy) is 2. The molecule has 3 aromatic heterocycles. The Morgan fingerprint density at radius 1 is 1.08 bits per heavy atom. The van der Waals surface area contributed by atoms with Crippen molar-refractivity contribution in [3.8, 4) is 11.5 Å². The summed E-state index contributed by atoms with van der Waals surface area (Å²) in [6, 6.07) is 0.138. The lowest BCUT2D eigenvalue weighted by Gasteiger charge is -2.62. The van der Waals surface area contributed by atoms with Crippen LogP contribution in [0.25, 0.3) is 22.7 Å². The molecule has 14 heteroatoms. The summed E-state index contributed by atoms with van der Waals surface area (Å²) in [6.45, 7) is 7.00. The largest absolute Gasteiger partial charge is 0.469 e. The Hall–Kier alpha value is -3.20. The predicted molar refractivity (Wildman–Crippen MR) is 186 cm³/mol. The van der Waals surface area contributed by atoms with Crippen molar-refractivity contribution < 1.29 is 29.6 Å². The van der Waals surface area contributed by atoms with Crippen LogP contribution in [0.5, 0.6) is 0 Å². The van der Waals surface area contributed by atoms with Gasteiger partial charge in [0.15, 0.2) is 22.8 Å². The Morgan fingerprint density at radius 2 is 1.86 bits per heavy atom. The van der Waals surface area contributed by atoms with Crippen LogP contribution in [0, 0.1) is 46.3 Å². The molecule has 5 fully saturated rings. The second kappa shape index (κ2) is 13.0. The summed E-state index contributed by atoms with van der Waals surface area (Å²) >= 11 is 0. The van der Waals surface area contributed by atoms with Gasteiger partial charge in [-0.1, -0.05) is 26.0 Å². The molecule has 0 amide bonds. The van der Waals surface area contributed by atoms with Gasteiger partial charge in [0.2, 0.25) is 0 Å². The van der Waals surface area contributed by atoms with Gasteiger partial charge in [0.05, 0.1) is 38.2 Å². The molecule has 0 bridgehead atoms. The fourth-order valence-electron chi connectivity index (χ4n) is 12.0. The molecule has 1 saturated heterocycles. The molecule has 0 aromatic carbocycles. The van der Waals surface area contributed by atoms with Gasteiger partial charge in [0.25, 0.3) is 0 Å². The van der Waals surface area contributed by atoms with Crippen molar-refractivity contribution in [3.63, 3.8) is 0 Å². The summed E-state index contributed by atoms with van der Waals surface area (Å²) in [5.41, 5.74) is 7.98. The minimum Gasteiger partial charge on any atom is -0.469 e. The SMILES string of the molecule is COC(=O)CC[C@@H](C)[C@H]1CC[C@H]2[C@@H]3[C@H](O)C[C@@H]4C[C@H](n5cc(-c6nc7c(N)ncnc7n6[C@H]6C[C@H](O)[C@@H](CO)O6)nn5)CC[C@]4(C)[C@H]3CC[C@]12C. The number of methoxy groups -OCH3 is 1. The van der Waals surface area contributed by atoms with Gasteiger partial charge in [0, 0.05) is 12.8 Å². The summed E-state index contributed by atoms with van der Waals surface area (Å²) in [5, 5.41) is 41.4. The monoisotopic (exact) mass is 706 g/mol. The third kappa shape index (κ3) is 5.58. The lowest BCUT2D eigenvalue weighted by molar-refractivity contribution is -0.169. The first kappa shape index (κ1) is 34.9. The highest BCUT2D eigenvalue weighted by molar-refractivity contribution is 5.84. The minimum absolute atomic E-state index is 0.124. The highest BCUT2D eigenvalue weighted by atomic mass is 16.5. The van der Waals surface area contributed by atoms with Crippen LogP contribution in [0.3, 0.4) is 0 Å². The van der Waals surface area contributed by atoms with Gasteiger partial charge >= 0.3 is 5.97 Å². The number of nitrogens with two attached hydrogens (primary N) is 1. The molecule has 5 N–H and O–H groups in total. The summed E-state index contributed by atoms with van der Waals surface area (Å²) in [5.74, 6) is 3.32. The van der Waals surface area contributed by atoms with Crippen molar-refractivity contribution in [2.45, 2.75) is 122 Å². The van der Waals surface area contributed by atoms with E-state index in [-0.39, 0.29) is 47.8 Å². The number of esters is 1. The number of nitrogens with zero attached hydrogens (tertiary/aromatic N) is 7. The van der Waals surface area contributed by atoms with Gasteiger partial charge in [-0.15, -0.1) is 5.10 Å². The molecule has 3 aromatic rings. The first-order valence-electron chi connectivity index (χ1n) is 19.1. The molecule has 0 unspecified atom stereocenters. The van der Waals surface area contributed by atoms with Crippen molar-refractivity contribution in [1.29, 1.82) is 0 Å². The second-order valence-corrected chi connectivity index (χ2v) is 17.0. The van der Waals surface area contributed by atoms with Crippen molar-refractivity contribution >= 4 is 23.0 Å². The second-order valence-electron chi connectivity index (χ2n) is 17.0. The number of rotatable bonds is 8. The fraction of sp³-hybridized carbons (Fsp3) is 0.784. The zero-order chi connectivity index (χ0) is 35.8. The van der Waals surface area contributed by atoms with Crippen LogP contribution in [0.1, 0.15) is 104 Å². The molecule has 4 aliphatic carbocycles. The molecule has 4 heterocycles. The van der Waals surface area contributed by atoms with Crippen LogP contribution in [-0.4, -0.2) is 87.8 Å². The normalized spacial score (nSPS) is 39.7. The fourth-order valence-corrected chi connectivity index (χ4v) is 12.0. The van der Waals surface area contributed by atoms with E-state index in [1.165, 1.54) is 32.7 Å². The average molecular weight is 707 g/mol. The van der Waals surface area contributed by atoms with E-state index in [2.05, 4.69) is 41.1 Å². The Labute approximate surface area is 298 Å². The Balaban J connectivity index is 1.01. The molecule has 8 rings (SSSR count). The molecule has 278 valence electrons. The number of aliphatic hydroxyl groups excluding tert-OH is 3. The van der Waals surface area contributed by atoms with E-state index in [4.69, 9.17) is 20.2 Å². The van der Waals surface area contributed by atoms with Crippen LogP contribution in [0.15, 0.2) is 12.5 Å². The quantitative estimate of drug-likeness (QED) is 0.246. The van der Waals surface area contributed by atoms with Gasteiger partial charge in [-0.3, -0.25) is 9.36 Å². The highest BCUT2D eigenvalue weighted by Crippen LogP contribution is 2.69. The first-order valence-corrected chi connectivity index (χ1v) is 19.1. The number of nitrogen functional groups attached to an aromatic ring is 1. The highest BCUT2D eigenvalue weighted by Gasteiger charge is 2.63. The molecule has 0 radical (unpaired) electrons. The maximum Gasteiger partial charge on any atom is 0.305 e. The summed E-state index contributed by atoms with van der Waals surface area (Å²) in [6.07, 6.45) is 10.9. The molecular formula is C37H54N8O6. The van der Waals surface area contributed by atoms with Gasteiger partial charge < -0.3 is 30.5 Å². The van der Waals surface area contributed by atoms with Gasteiger partial charge in [-0.25, -0.2) is 19.6 Å². The van der Waals surface area contributed by atoms with Crippen molar-refractivity contribution in [1.82, 2.24) is 34.5 Å². The van der Waals surface area contributed by atoms with Gasteiger partial charge in [-0.05, 0) is 104 Å². The first-order chi connectivity index (χ1) is 24.5. The molecule has 4 saturated carbocycles. The van der Waals surface area contributed by atoms with Crippen LogP contribution >= 0.6 is 0 Å². The van der Waals surface area contributed by atoms with Crippen LogP contribution in [0.2, 0.25) is 0 Å². The summed E-state index contributed by atoms with van der Waals surface area (Å²) in [7, 11) is 1.47. The van der Waals surface area contributed by atoms with E-state index in [0.29, 0.717) is 64.6 Å². The molecule has 1 aliphatic heterocycles. The Kier molecular flexibility index (Phi) is 8.91. The van der Waals surface area contributed by atoms with Crippen molar-refractivity contribution in [3.05, 3.63) is 12.5 Å². The van der Waals surface area contributed by atoms with E-state index >= 15 is 0 Å². The van der Waals surface area contributed by atoms with E-state index < -0.39 is 18.4 Å². The van der Waals surface area contributed by atoms with E-state index in [1.807, 2.05) is 10.9 Å². The number of aliphatic hydroxyl groups is 3. The average Bonchev–Trinajstić information content (AvgIpc) is 3.91. The smallest absolute Gasteiger partial charge is 0.305 e. The number of carbonyl (C=O) groups excluding carboxylic acids is 1. The van der Waals surface area contributed by atoms with Crippen molar-refractivity contribution in [2.75, 3.05) is 19.5 Å². The van der Waals surface area contributed by atoms with Gasteiger partial charge in [0.1, 0.15) is 24.4 Å². The Bertz CT molecular complexity index is 1770. The number of fused-ring (bicyclic) bond motifs is 6. The molecular weight excluding hydrogens is 652 g/mol. The third-order valence-electron chi connectivity index (χ3n) is 14.7. The summed E-state index contributed by atoms with van der Waals surface area (Å²) < 4.78 is 14.7. The van der Waals surface area contributed by atoms with Crippen LogP contribution in [0.4, 0.5) is 5.82 Å². The molecule has 0 spiro atoms. The molecule has 51 heavy (non-hydrogen) atoms. The number of imidazole rings is 1. The lowest BCUT2D eigenvalue weighted by atomic mass is 9.43. The topological polar surface area (TPSA) is 197 Å². The van der Waals surface area contributed by atoms with E-state index in [9.17, 15) is 20.1 Å². The number of hydrogen-bond donors (Lipinski definition) is 4.